The van der Waals surface area contributed by atoms with Gasteiger partial charge in [-0.15, -0.1) is 11.8 Å². The summed E-state index contributed by atoms with van der Waals surface area (Å²) in [6.45, 7) is 12.2. The molecule has 0 saturated heterocycles. The van der Waals surface area contributed by atoms with Crippen molar-refractivity contribution in [2.24, 2.45) is 52.3 Å². The Kier molecular flexibility index (Phi) is 5.68. The average molecular weight is 385 g/mol. The molecule has 0 aliphatic heterocycles. The van der Waals surface area contributed by atoms with Crippen LogP contribution >= 0.6 is 0 Å². The first-order valence-electron chi connectivity index (χ1n) is 12.4. The van der Waals surface area contributed by atoms with Crippen LogP contribution in [0.5, 0.6) is 0 Å². The summed E-state index contributed by atoms with van der Waals surface area (Å²) in [5, 5.41) is 10.2. The van der Waals surface area contributed by atoms with Gasteiger partial charge >= 0.3 is 0 Å². The van der Waals surface area contributed by atoms with Gasteiger partial charge in [-0.1, -0.05) is 34.6 Å². The Bertz CT molecular complexity index is 626. The Morgan fingerprint density at radius 3 is 2.36 bits per heavy atom. The van der Waals surface area contributed by atoms with Crippen LogP contribution in [0.1, 0.15) is 98.8 Å². The van der Waals surface area contributed by atoms with E-state index in [2.05, 4.69) is 46.5 Å². The van der Waals surface area contributed by atoms with Gasteiger partial charge in [-0.3, -0.25) is 0 Å². The number of hydrogen-bond acceptors (Lipinski definition) is 1. The molecule has 28 heavy (non-hydrogen) atoms. The van der Waals surface area contributed by atoms with Gasteiger partial charge in [0.15, 0.2) is 0 Å². The van der Waals surface area contributed by atoms with Gasteiger partial charge in [-0.25, -0.2) is 0 Å². The van der Waals surface area contributed by atoms with E-state index in [1.54, 1.807) is 0 Å². The van der Waals surface area contributed by atoms with Gasteiger partial charge in [0, 0.05) is 12.3 Å². The van der Waals surface area contributed by atoms with Crippen molar-refractivity contribution in [3.8, 4) is 11.8 Å². The van der Waals surface area contributed by atoms with E-state index in [4.69, 9.17) is 0 Å². The van der Waals surface area contributed by atoms with E-state index in [1.807, 2.05) is 0 Å². The van der Waals surface area contributed by atoms with E-state index >= 15 is 0 Å². The first-order valence-corrected chi connectivity index (χ1v) is 12.4. The summed E-state index contributed by atoms with van der Waals surface area (Å²) in [5.41, 5.74) is 1.06. The lowest BCUT2D eigenvalue weighted by molar-refractivity contribution is -0.129. The molecule has 4 saturated carbocycles. The highest BCUT2D eigenvalue weighted by Gasteiger charge is 2.60. The molecule has 1 nitrogen and oxygen atoms in total. The summed E-state index contributed by atoms with van der Waals surface area (Å²) in [4.78, 5) is 0. The zero-order valence-corrected chi connectivity index (χ0v) is 19.1. The van der Waals surface area contributed by atoms with Crippen LogP contribution in [0.25, 0.3) is 0 Å². The van der Waals surface area contributed by atoms with E-state index in [-0.39, 0.29) is 6.10 Å². The quantitative estimate of drug-likeness (QED) is 0.526. The first kappa shape index (κ1) is 20.8. The van der Waals surface area contributed by atoms with Crippen LogP contribution in [0, 0.1) is 64.1 Å². The first-order chi connectivity index (χ1) is 13.3. The van der Waals surface area contributed by atoms with E-state index < -0.39 is 0 Å². The largest absolute Gasteiger partial charge is 0.393 e. The number of aliphatic hydroxyl groups is 1. The normalized spacial score (nSPS) is 48.8. The van der Waals surface area contributed by atoms with Crippen molar-refractivity contribution in [1.29, 1.82) is 0 Å². The maximum Gasteiger partial charge on any atom is 0.0543 e. The summed E-state index contributed by atoms with van der Waals surface area (Å²) in [5.74, 6) is 12.6. The van der Waals surface area contributed by atoms with Gasteiger partial charge < -0.3 is 5.11 Å². The molecule has 0 radical (unpaired) electrons. The van der Waals surface area contributed by atoms with E-state index in [1.165, 1.54) is 44.9 Å². The Labute approximate surface area is 174 Å². The van der Waals surface area contributed by atoms with Gasteiger partial charge in [0.05, 0.1) is 6.10 Å². The third kappa shape index (κ3) is 3.37. The van der Waals surface area contributed by atoms with Crippen molar-refractivity contribution in [2.75, 3.05) is 0 Å². The van der Waals surface area contributed by atoms with Crippen molar-refractivity contribution < 1.29 is 5.11 Å². The molecule has 4 aliphatic rings. The lowest BCUT2D eigenvalue weighted by Gasteiger charge is -2.61. The number of aliphatic hydroxyl groups excluding tert-OH is 1. The van der Waals surface area contributed by atoms with Gasteiger partial charge in [0.2, 0.25) is 0 Å². The van der Waals surface area contributed by atoms with Crippen molar-refractivity contribution in [3.05, 3.63) is 0 Å². The SMILES string of the molecule is CC(C)C#CC[C@@H](C)[C@H]1CC[C@H]2[C@@H]3CC[C@@H]4C[C@H](O)CC[C@]4(C)[C@H]3CC[C@]12C. The monoisotopic (exact) mass is 384 g/mol. The molecule has 0 aromatic heterocycles. The van der Waals surface area contributed by atoms with Crippen molar-refractivity contribution in [3.63, 3.8) is 0 Å². The molecule has 0 unspecified atom stereocenters. The van der Waals surface area contributed by atoms with Crippen LogP contribution in [-0.2, 0) is 0 Å². The van der Waals surface area contributed by atoms with Crippen LogP contribution in [0.4, 0.5) is 0 Å². The highest BCUT2D eigenvalue weighted by Crippen LogP contribution is 2.68. The van der Waals surface area contributed by atoms with Crippen LogP contribution < -0.4 is 0 Å². The van der Waals surface area contributed by atoms with Crippen LogP contribution in [0.3, 0.4) is 0 Å². The minimum Gasteiger partial charge on any atom is -0.393 e. The topological polar surface area (TPSA) is 20.2 Å². The fraction of sp³-hybridized carbons (Fsp3) is 0.926. The predicted molar refractivity (Wildman–Crippen MR) is 118 cm³/mol. The molecule has 0 amide bonds. The van der Waals surface area contributed by atoms with E-state index in [9.17, 15) is 5.11 Å². The third-order valence-corrected chi connectivity index (χ3v) is 10.2. The second-order valence-electron chi connectivity index (χ2n) is 12.0. The standard InChI is InChI=1S/C27H44O/c1-18(2)7-6-8-19(3)23-11-12-24-22-10-9-20-17-21(28)13-15-26(20,4)25(22)14-16-27(23,24)5/h18-25,28H,8-17H2,1-5H3/t19-,20-,21-,22+,23-,24+,25+,26+,27-/m1/s1. The molecule has 9 atom stereocenters. The van der Waals surface area contributed by atoms with Crippen LogP contribution in [0.2, 0.25) is 0 Å². The maximum absolute atomic E-state index is 10.2. The highest BCUT2D eigenvalue weighted by atomic mass is 16.3. The summed E-state index contributed by atoms with van der Waals surface area (Å²) >= 11 is 0. The fourth-order valence-corrected chi connectivity index (χ4v) is 8.78. The molecular weight excluding hydrogens is 340 g/mol. The summed E-state index contributed by atoms with van der Waals surface area (Å²) in [6, 6.07) is 0. The number of rotatable bonds is 2. The zero-order chi connectivity index (χ0) is 20.1. The molecule has 0 spiro atoms. The van der Waals surface area contributed by atoms with Crippen molar-refractivity contribution in [1.82, 2.24) is 0 Å². The smallest absolute Gasteiger partial charge is 0.0543 e. The number of hydrogen-bond donors (Lipinski definition) is 1. The van der Waals surface area contributed by atoms with Gasteiger partial charge in [0.1, 0.15) is 0 Å². The number of fused-ring (bicyclic) bond motifs is 5. The van der Waals surface area contributed by atoms with Crippen LogP contribution in [0.15, 0.2) is 0 Å². The Hall–Kier alpha value is -0.480. The molecule has 1 N–H and O–H groups in total. The lowest BCUT2D eigenvalue weighted by atomic mass is 9.44. The molecule has 4 rings (SSSR count). The molecule has 0 aromatic rings. The second-order valence-corrected chi connectivity index (χ2v) is 12.0. The Morgan fingerprint density at radius 2 is 1.61 bits per heavy atom. The Balaban J connectivity index is 1.50. The molecule has 0 aromatic carbocycles. The minimum absolute atomic E-state index is 0.0212. The zero-order valence-electron chi connectivity index (χ0n) is 19.1. The van der Waals surface area contributed by atoms with Gasteiger partial charge in [0.25, 0.3) is 0 Å². The molecule has 0 bridgehead atoms. The van der Waals surface area contributed by atoms with Crippen molar-refractivity contribution >= 4 is 0 Å². The minimum atomic E-state index is -0.0212. The second kappa shape index (κ2) is 7.65. The van der Waals surface area contributed by atoms with Gasteiger partial charge in [-0.05, 0) is 104 Å². The summed E-state index contributed by atoms with van der Waals surface area (Å²) in [7, 11) is 0. The molecule has 0 heterocycles. The molecule has 4 fully saturated rings. The lowest BCUT2D eigenvalue weighted by Crippen LogP contribution is -2.54. The van der Waals surface area contributed by atoms with E-state index in [0.717, 1.165) is 54.8 Å². The van der Waals surface area contributed by atoms with Gasteiger partial charge in [-0.2, -0.15) is 0 Å². The summed E-state index contributed by atoms with van der Waals surface area (Å²) < 4.78 is 0. The third-order valence-electron chi connectivity index (χ3n) is 10.2. The maximum atomic E-state index is 10.2. The molecule has 158 valence electrons. The average Bonchev–Trinajstić information content (AvgIpc) is 2.99. The highest BCUT2D eigenvalue weighted by molar-refractivity contribution is 5.11. The Morgan fingerprint density at radius 1 is 0.893 bits per heavy atom. The molecule has 1 heteroatoms. The van der Waals surface area contributed by atoms with Crippen LogP contribution in [-0.4, -0.2) is 11.2 Å². The summed E-state index contributed by atoms with van der Waals surface area (Å²) in [6.07, 6.45) is 13.1. The van der Waals surface area contributed by atoms with E-state index in [0.29, 0.717) is 16.7 Å². The fourth-order valence-electron chi connectivity index (χ4n) is 8.78. The molecule has 4 aliphatic carbocycles. The molecular formula is C27H44O. The predicted octanol–water partition coefficient (Wildman–Crippen LogP) is 6.69. The van der Waals surface area contributed by atoms with Crippen molar-refractivity contribution in [2.45, 2.75) is 105 Å².